The minimum Gasteiger partial charge on any atom is -0.494 e. The fourth-order valence-electron chi connectivity index (χ4n) is 4.72. The highest BCUT2D eigenvalue weighted by Gasteiger charge is 2.43. The second kappa shape index (κ2) is 10.4. The molecule has 1 aromatic heterocycles. The molecule has 0 bridgehead atoms. The van der Waals surface area contributed by atoms with Gasteiger partial charge in [0.1, 0.15) is 17.1 Å². The topological polar surface area (TPSA) is 59.8 Å². The van der Waals surface area contributed by atoms with Crippen LogP contribution in [0.1, 0.15) is 65.9 Å². The Bertz CT molecular complexity index is 1530. The molecular weight excluding hydrogens is 493 g/mol. The second-order valence-electron chi connectivity index (χ2n) is 9.30. The van der Waals surface area contributed by atoms with Crippen LogP contribution in [0.2, 0.25) is 5.02 Å². The minimum absolute atomic E-state index is 0.0537. The van der Waals surface area contributed by atoms with Crippen molar-refractivity contribution in [1.29, 1.82) is 0 Å². The maximum absolute atomic E-state index is 14.0. The zero-order valence-corrected chi connectivity index (χ0v) is 21.5. The van der Waals surface area contributed by atoms with Gasteiger partial charge in [0.25, 0.3) is 5.91 Å². The molecule has 1 amide bonds. The van der Waals surface area contributed by atoms with Gasteiger partial charge in [-0.25, -0.2) is 4.39 Å². The largest absolute Gasteiger partial charge is 0.494 e. The molecule has 1 atom stereocenters. The lowest BCUT2D eigenvalue weighted by Gasteiger charge is -2.26. The zero-order chi connectivity index (χ0) is 26.1. The third-order valence-corrected chi connectivity index (χ3v) is 7.14. The van der Waals surface area contributed by atoms with Crippen molar-refractivity contribution < 1.29 is 18.3 Å². The number of hydrogen-bond donors (Lipinski definition) is 0. The molecule has 5 rings (SSSR count). The highest BCUT2D eigenvalue weighted by atomic mass is 35.5. The van der Waals surface area contributed by atoms with Gasteiger partial charge in [-0.1, -0.05) is 56.0 Å². The first-order valence-corrected chi connectivity index (χ1v) is 12.9. The summed E-state index contributed by atoms with van der Waals surface area (Å²) in [6.45, 7) is 4.66. The number of hydrogen-bond acceptors (Lipinski definition) is 4. The van der Waals surface area contributed by atoms with Gasteiger partial charge in [-0.05, 0) is 66.9 Å². The molecule has 0 N–H and O–H groups in total. The van der Waals surface area contributed by atoms with E-state index in [1.165, 1.54) is 23.5 Å². The molecule has 3 aromatic carbocycles. The number of nitrogens with zero attached hydrogens (tertiary/aromatic N) is 1. The van der Waals surface area contributed by atoms with Gasteiger partial charge in [-0.2, -0.15) is 0 Å². The predicted molar refractivity (Wildman–Crippen MR) is 143 cm³/mol. The van der Waals surface area contributed by atoms with Crippen molar-refractivity contribution in [3.05, 3.63) is 104 Å². The van der Waals surface area contributed by atoms with Crippen molar-refractivity contribution in [3.63, 3.8) is 0 Å². The first-order valence-electron chi connectivity index (χ1n) is 12.5. The number of benzene rings is 3. The molecular formula is C30H27ClFNO4. The van der Waals surface area contributed by atoms with Crippen LogP contribution in [0.5, 0.6) is 5.75 Å². The molecule has 1 aliphatic heterocycles. The number of fused-ring (bicyclic) bond motifs is 2. The summed E-state index contributed by atoms with van der Waals surface area (Å²) in [5.41, 5.74) is 1.99. The van der Waals surface area contributed by atoms with E-state index in [1.807, 2.05) is 37.3 Å². The van der Waals surface area contributed by atoms with E-state index in [1.54, 1.807) is 12.1 Å². The van der Waals surface area contributed by atoms with Crippen LogP contribution in [0.15, 0.2) is 69.9 Å². The van der Waals surface area contributed by atoms with Gasteiger partial charge in [-0.3, -0.25) is 14.5 Å². The van der Waals surface area contributed by atoms with E-state index in [4.69, 9.17) is 20.8 Å². The van der Waals surface area contributed by atoms with Gasteiger partial charge < -0.3 is 9.15 Å². The van der Waals surface area contributed by atoms with E-state index in [0.717, 1.165) is 30.9 Å². The number of unbranched alkanes of at least 4 members (excludes halogenated alkanes) is 3. The van der Waals surface area contributed by atoms with Crippen LogP contribution in [-0.2, 0) is 0 Å². The molecule has 190 valence electrons. The zero-order valence-electron chi connectivity index (χ0n) is 20.7. The molecule has 5 nitrogen and oxygen atoms in total. The summed E-state index contributed by atoms with van der Waals surface area (Å²) >= 11 is 6.40. The molecule has 1 aliphatic rings. The van der Waals surface area contributed by atoms with Gasteiger partial charge in [-0.15, -0.1) is 0 Å². The quantitative estimate of drug-likeness (QED) is 0.225. The highest BCUT2D eigenvalue weighted by Crippen LogP contribution is 2.42. The van der Waals surface area contributed by atoms with Gasteiger partial charge in [0, 0.05) is 10.7 Å². The molecule has 1 unspecified atom stereocenters. The van der Waals surface area contributed by atoms with Crippen LogP contribution in [0, 0.1) is 12.7 Å². The molecule has 0 aliphatic carbocycles. The van der Waals surface area contributed by atoms with Crippen molar-refractivity contribution in [2.45, 2.75) is 45.6 Å². The number of anilines is 1. The number of aryl methyl sites for hydroxylation is 1. The fourth-order valence-corrected chi connectivity index (χ4v) is 4.90. The lowest BCUT2D eigenvalue weighted by atomic mass is 9.98. The molecule has 0 spiro atoms. The van der Waals surface area contributed by atoms with E-state index in [-0.39, 0.29) is 22.3 Å². The van der Waals surface area contributed by atoms with Gasteiger partial charge in [0.15, 0.2) is 5.43 Å². The van der Waals surface area contributed by atoms with E-state index in [9.17, 15) is 14.0 Å². The van der Waals surface area contributed by atoms with Crippen molar-refractivity contribution in [3.8, 4) is 5.75 Å². The first-order chi connectivity index (χ1) is 17.9. The van der Waals surface area contributed by atoms with Crippen molar-refractivity contribution in [2.24, 2.45) is 0 Å². The molecule has 7 heteroatoms. The summed E-state index contributed by atoms with van der Waals surface area (Å²) in [7, 11) is 0. The van der Waals surface area contributed by atoms with Crippen LogP contribution >= 0.6 is 11.6 Å². The normalized spacial score (nSPS) is 14.9. The third kappa shape index (κ3) is 4.74. The van der Waals surface area contributed by atoms with E-state index in [2.05, 4.69) is 6.92 Å². The predicted octanol–water partition coefficient (Wildman–Crippen LogP) is 7.60. The average Bonchev–Trinajstić information content (AvgIpc) is 3.19. The van der Waals surface area contributed by atoms with Crippen molar-refractivity contribution in [1.82, 2.24) is 0 Å². The maximum atomic E-state index is 14.0. The molecule has 0 saturated heterocycles. The monoisotopic (exact) mass is 519 g/mol. The number of halogens is 2. The van der Waals surface area contributed by atoms with Crippen molar-refractivity contribution in [2.75, 3.05) is 11.5 Å². The number of carbonyl (C=O) groups excluding carboxylic acids is 1. The van der Waals surface area contributed by atoms with Crippen LogP contribution in [0.25, 0.3) is 11.0 Å². The fraction of sp³-hybridized carbons (Fsp3) is 0.267. The Morgan fingerprint density at radius 1 is 1.00 bits per heavy atom. The summed E-state index contributed by atoms with van der Waals surface area (Å²) in [5.74, 6) is -0.355. The Balaban J connectivity index is 1.59. The van der Waals surface area contributed by atoms with Crippen LogP contribution in [-0.4, -0.2) is 12.5 Å². The molecule has 0 fully saturated rings. The van der Waals surface area contributed by atoms with Gasteiger partial charge >= 0.3 is 0 Å². The Kier molecular flexibility index (Phi) is 7.02. The molecule has 4 aromatic rings. The number of amides is 1. The lowest BCUT2D eigenvalue weighted by molar-refractivity contribution is 0.0971. The highest BCUT2D eigenvalue weighted by molar-refractivity contribution is 6.31. The van der Waals surface area contributed by atoms with Gasteiger partial charge in [0.2, 0.25) is 5.76 Å². The second-order valence-corrected chi connectivity index (χ2v) is 9.71. The number of rotatable bonds is 8. The van der Waals surface area contributed by atoms with Gasteiger partial charge in [0.05, 0.1) is 23.6 Å². The molecule has 0 saturated carbocycles. The summed E-state index contributed by atoms with van der Waals surface area (Å²) in [5, 5.41) is 0.589. The summed E-state index contributed by atoms with van der Waals surface area (Å²) < 4.78 is 25.8. The summed E-state index contributed by atoms with van der Waals surface area (Å²) in [6, 6.07) is 15.6. The summed E-state index contributed by atoms with van der Waals surface area (Å²) in [4.78, 5) is 28.8. The average molecular weight is 520 g/mol. The van der Waals surface area contributed by atoms with Crippen LogP contribution in [0.3, 0.4) is 0 Å². The van der Waals surface area contributed by atoms with Crippen LogP contribution in [0.4, 0.5) is 10.1 Å². The van der Waals surface area contributed by atoms with Crippen LogP contribution < -0.4 is 15.1 Å². The SMILES string of the molecule is CCCCCCOc1ccc(C2c3c(oc4ccc(F)cc4c3=O)C(=O)N2c2ccc(C)c(Cl)c2)cc1. The summed E-state index contributed by atoms with van der Waals surface area (Å²) in [6.07, 6.45) is 4.44. The first kappa shape index (κ1) is 25.0. The van der Waals surface area contributed by atoms with E-state index in [0.29, 0.717) is 28.6 Å². The smallest absolute Gasteiger partial charge is 0.295 e. The Morgan fingerprint density at radius 3 is 2.51 bits per heavy atom. The van der Waals surface area contributed by atoms with Crippen molar-refractivity contribution >= 4 is 34.2 Å². The lowest BCUT2D eigenvalue weighted by Crippen LogP contribution is -2.29. The number of ether oxygens (including phenoxy) is 1. The Morgan fingerprint density at radius 2 is 1.78 bits per heavy atom. The maximum Gasteiger partial charge on any atom is 0.295 e. The molecule has 0 radical (unpaired) electrons. The van der Waals surface area contributed by atoms with E-state index >= 15 is 0 Å². The van der Waals surface area contributed by atoms with E-state index < -0.39 is 23.2 Å². The standard InChI is InChI=1S/C30H27ClFNO4/c1-3-4-5-6-15-36-22-12-8-19(9-13-22)27-26-28(34)23-16-20(32)10-14-25(23)37-29(26)30(35)33(27)21-11-7-18(2)24(31)17-21/h7-14,16-17,27H,3-6,15H2,1-2H3. The molecule has 2 heterocycles. The number of carbonyl (C=O) groups is 1. The molecule has 37 heavy (non-hydrogen) atoms. The Hall–Kier alpha value is -3.64. The minimum atomic E-state index is -0.774. The Labute approximate surface area is 219 Å². The third-order valence-electron chi connectivity index (χ3n) is 6.73.